The van der Waals surface area contributed by atoms with Crippen molar-refractivity contribution in [2.24, 2.45) is 0 Å². The number of aliphatic hydroxyl groups excluding tert-OH is 6. The smallest absolute Gasteiger partial charge is 0.158 e. The fraction of sp³-hybridized carbons (Fsp3) is 0.429. The molecule has 0 saturated carbocycles. The first kappa shape index (κ1) is 17.4. The average molecular weight is 300 g/mol. The Morgan fingerprint density at radius 3 is 2.24 bits per heavy atom. The van der Waals surface area contributed by atoms with Crippen molar-refractivity contribution in [1.29, 1.82) is 0 Å². The number of hydrogen-bond acceptors (Lipinski definition) is 7. The van der Waals surface area contributed by atoms with Crippen LogP contribution in [0, 0.1) is 0 Å². The standard InChI is InChI=1S/C14H20O7/c15-6-10(16)12(18)14(20)13(19)11(17)8-21-7-9-4-2-1-3-5-9/h1-5,8,10,12-20H,6-7H2/b11-8-/t10-,12-,13-,14+/m1/s1. The molecule has 0 heterocycles. The minimum atomic E-state index is -1.87. The van der Waals surface area contributed by atoms with Crippen molar-refractivity contribution >= 4 is 0 Å². The van der Waals surface area contributed by atoms with E-state index in [0.29, 0.717) is 0 Å². The number of benzene rings is 1. The first-order valence-electron chi connectivity index (χ1n) is 6.35. The monoisotopic (exact) mass is 300 g/mol. The van der Waals surface area contributed by atoms with Crippen molar-refractivity contribution in [3.05, 3.63) is 47.9 Å². The zero-order valence-corrected chi connectivity index (χ0v) is 11.3. The fourth-order valence-corrected chi connectivity index (χ4v) is 1.56. The van der Waals surface area contributed by atoms with Crippen LogP contribution < -0.4 is 0 Å². The van der Waals surface area contributed by atoms with Gasteiger partial charge in [0.05, 0.1) is 6.61 Å². The van der Waals surface area contributed by atoms with E-state index in [1.165, 1.54) is 0 Å². The maximum absolute atomic E-state index is 9.60. The van der Waals surface area contributed by atoms with Crippen LogP contribution in [0.25, 0.3) is 0 Å². The number of ether oxygens (including phenoxy) is 1. The van der Waals surface area contributed by atoms with Crippen molar-refractivity contribution in [2.45, 2.75) is 31.0 Å². The van der Waals surface area contributed by atoms with Crippen LogP contribution in [0.15, 0.2) is 42.4 Å². The molecular formula is C14H20O7. The van der Waals surface area contributed by atoms with Gasteiger partial charge < -0.3 is 35.4 Å². The fourth-order valence-electron chi connectivity index (χ4n) is 1.56. The second-order valence-corrected chi connectivity index (χ2v) is 4.52. The predicted molar refractivity (Wildman–Crippen MR) is 73.1 cm³/mol. The Morgan fingerprint density at radius 2 is 1.67 bits per heavy atom. The molecule has 0 aliphatic heterocycles. The van der Waals surface area contributed by atoms with Crippen LogP contribution in [0.4, 0.5) is 0 Å². The number of aliphatic hydroxyl groups is 6. The van der Waals surface area contributed by atoms with E-state index in [2.05, 4.69) is 0 Å². The van der Waals surface area contributed by atoms with Gasteiger partial charge in [-0.3, -0.25) is 0 Å². The van der Waals surface area contributed by atoms with Gasteiger partial charge in [0.15, 0.2) is 5.76 Å². The molecular weight excluding hydrogens is 280 g/mol. The molecule has 0 aliphatic carbocycles. The lowest BCUT2D eigenvalue weighted by atomic mass is 10.0. The van der Waals surface area contributed by atoms with E-state index in [1.54, 1.807) is 12.1 Å². The van der Waals surface area contributed by atoms with Crippen molar-refractivity contribution in [1.82, 2.24) is 0 Å². The van der Waals surface area contributed by atoms with Crippen LogP contribution in [-0.2, 0) is 11.3 Å². The van der Waals surface area contributed by atoms with Gasteiger partial charge in [-0.2, -0.15) is 0 Å². The maximum atomic E-state index is 9.60. The quantitative estimate of drug-likeness (QED) is 0.341. The second-order valence-electron chi connectivity index (χ2n) is 4.52. The molecule has 4 atom stereocenters. The summed E-state index contributed by atoms with van der Waals surface area (Å²) >= 11 is 0. The molecule has 0 amide bonds. The third-order valence-corrected chi connectivity index (χ3v) is 2.85. The van der Waals surface area contributed by atoms with Crippen LogP contribution in [-0.4, -0.2) is 61.7 Å². The molecule has 7 heteroatoms. The molecule has 0 radical (unpaired) electrons. The van der Waals surface area contributed by atoms with E-state index in [9.17, 15) is 20.4 Å². The molecule has 1 aromatic carbocycles. The minimum Gasteiger partial charge on any atom is -0.506 e. The van der Waals surface area contributed by atoms with E-state index < -0.39 is 36.8 Å². The molecule has 7 nitrogen and oxygen atoms in total. The third-order valence-electron chi connectivity index (χ3n) is 2.85. The molecule has 1 rings (SSSR count). The zero-order chi connectivity index (χ0) is 15.8. The highest BCUT2D eigenvalue weighted by Gasteiger charge is 2.32. The highest BCUT2D eigenvalue weighted by atomic mass is 16.5. The predicted octanol–water partition coefficient (Wildman–Crippen LogP) is -0.961. The van der Waals surface area contributed by atoms with Crippen LogP contribution in [0.3, 0.4) is 0 Å². The topological polar surface area (TPSA) is 131 Å². The molecule has 21 heavy (non-hydrogen) atoms. The first-order chi connectivity index (χ1) is 9.97. The summed E-state index contributed by atoms with van der Waals surface area (Å²) in [7, 11) is 0. The van der Waals surface area contributed by atoms with Gasteiger partial charge in [0, 0.05) is 0 Å². The Hall–Kier alpha value is -1.64. The highest BCUT2D eigenvalue weighted by molar-refractivity contribution is 5.13. The molecule has 6 N–H and O–H groups in total. The first-order valence-corrected chi connectivity index (χ1v) is 6.35. The van der Waals surface area contributed by atoms with Gasteiger partial charge in [-0.25, -0.2) is 0 Å². The van der Waals surface area contributed by atoms with Crippen molar-refractivity contribution in [3.63, 3.8) is 0 Å². The molecule has 0 bridgehead atoms. The summed E-state index contributed by atoms with van der Waals surface area (Å²) < 4.78 is 5.04. The van der Waals surface area contributed by atoms with E-state index in [4.69, 9.17) is 14.9 Å². The SMILES string of the molecule is OC[C@@H](O)[C@@H](O)[C@H](O)[C@H](O)/C(O)=C/OCc1ccccc1. The van der Waals surface area contributed by atoms with E-state index in [1.807, 2.05) is 18.2 Å². The van der Waals surface area contributed by atoms with E-state index in [0.717, 1.165) is 11.8 Å². The summed E-state index contributed by atoms with van der Waals surface area (Å²) in [6, 6.07) is 9.07. The Kier molecular flexibility index (Phi) is 7.13. The Morgan fingerprint density at radius 1 is 1.05 bits per heavy atom. The van der Waals surface area contributed by atoms with Crippen LogP contribution >= 0.6 is 0 Å². The highest BCUT2D eigenvalue weighted by Crippen LogP contribution is 2.11. The number of hydrogen-bond donors (Lipinski definition) is 6. The molecule has 118 valence electrons. The largest absolute Gasteiger partial charge is 0.506 e. The molecule has 0 unspecified atom stereocenters. The molecule has 0 spiro atoms. The summed E-state index contributed by atoms with van der Waals surface area (Å²) in [6.07, 6.45) is -6.32. The summed E-state index contributed by atoms with van der Waals surface area (Å²) in [5.74, 6) is -0.706. The van der Waals surface area contributed by atoms with Gasteiger partial charge in [0.1, 0.15) is 37.3 Å². The lowest BCUT2D eigenvalue weighted by Crippen LogP contribution is -2.46. The molecule has 0 saturated heterocycles. The van der Waals surface area contributed by atoms with Crippen LogP contribution in [0.5, 0.6) is 0 Å². The van der Waals surface area contributed by atoms with Crippen molar-refractivity contribution < 1.29 is 35.4 Å². The lowest BCUT2D eigenvalue weighted by molar-refractivity contribution is -0.113. The van der Waals surface area contributed by atoms with E-state index >= 15 is 0 Å². The zero-order valence-electron chi connectivity index (χ0n) is 11.3. The summed E-state index contributed by atoms with van der Waals surface area (Å²) in [6.45, 7) is -0.643. The van der Waals surface area contributed by atoms with Gasteiger partial charge in [-0.15, -0.1) is 0 Å². The molecule has 0 fully saturated rings. The van der Waals surface area contributed by atoms with E-state index in [-0.39, 0.29) is 6.61 Å². The summed E-state index contributed by atoms with van der Waals surface area (Å²) in [5.41, 5.74) is 0.840. The van der Waals surface area contributed by atoms with Gasteiger partial charge in [-0.05, 0) is 5.56 Å². The third kappa shape index (κ3) is 5.33. The van der Waals surface area contributed by atoms with Crippen molar-refractivity contribution in [3.8, 4) is 0 Å². The molecule has 0 aliphatic rings. The normalized spacial score (nSPS) is 17.9. The molecule has 0 aromatic heterocycles. The van der Waals surface area contributed by atoms with Gasteiger partial charge >= 0.3 is 0 Å². The van der Waals surface area contributed by atoms with Gasteiger partial charge in [0.2, 0.25) is 0 Å². The second kappa shape index (κ2) is 8.60. The van der Waals surface area contributed by atoms with Crippen LogP contribution in [0.2, 0.25) is 0 Å². The Labute approximate surface area is 122 Å². The Balaban J connectivity index is 2.52. The lowest BCUT2D eigenvalue weighted by Gasteiger charge is -2.25. The average Bonchev–Trinajstić information content (AvgIpc) is 2.52. The van der Waals surface area contributed by atoms with Crippen molar-refractivity contribution in [2.75, 3.05) is 6.61 Å². The summed E-state index contributed by atoms with van der Waals surface area (Å²) in [4.78, 5) is 0. The number of rotatable bonds is 8. The maximum Gasteiger partial charge on any atom is 0.158 e. The molecule has 1 aromatic rings. The van der Waals surface area contributed by atoms with Gasteiger partial charge in [-0.1, -0.05) is 30.3 Å². The van der Waals surface area contributed by atoms with Gasteiger partial charge in [0.25, 0.3) is 0 Å². The summed E-state index contributed by atoms with van der Waals surface area (Å²) in [5, 5.41) is 55.9. The Bertz CT molecular complexity index is 434. The minimum absolute atomic E-state index is 0.148. The van der Waals surface area contributed by atoms with Crippen LogP contribution in [0.1, 0.15) is 5.56 Å².